The van der Waals surface area contributed by atoms with Crippen LogP contribution in [0.15, 0.2) is 24.3 Å². The zero-order valence-electron chi connectivity index (χ0n) is 15.0. The van der Waals surface area contributed by atoms with Crippen LogP contribution in [0.3, 0.4) is 0 Å². The van der Waals surface area contributed by atoms with Gasteiger partial charge in [-0.1, -0.05) is 6.07 Å². The minimum Gasteiger partial charge on any atom is -0.450 e. The Hall–Kier alpha value is -1.86. The first-order valence-corrected chi connectivity index (χ1v) is 8.95. The normalized spacial score (nSPS) is 22.9. The highest BCUT2D eigenvalue weighted by Gasteiger charge is 2.36. The third kappa shape index (κ3) is 4.22. The van der Waals surface area contributed by atoms with E-state index in [1.165, 1.54) is 6.07 Å². The summed E-state index contributed by atoms with van der Waals surface area (Å²) in [6, 6.07) is 6.66. The number of hydrogen-bond donors (Lipinski definition) is 0. The number of ether oxygens (including phenoxy) is 1. The number of benzene rings is 1. The van der Waals surface area contributed by atoms with Crippen LogP contribution in [0.25, 0.3) is 0 Å². The van der Waals surface area contributed by atoms with Crippen LogP contribution in [0.4, 0.5) is 14.9 Å². The molecule has 25 heavy (non-hydrogen) atoms. The van der Waals surface area contributed by atoms with Crippen LogP contribution in [0.2, 0.25) is 0 Å². The largest absolute Gasteiger partial charge is 0.450 e. The highest BCUT2D eigenvalue weighted by molar-refractivity contribution is 5.68. The molecule has 1 unspecified atom stereocenters. The molecule has 1 amide bonds. The molecule has 0 radical (unpaired) electrons. The van der Waals surface area contributed by atoms with Crippen molar-refractivity contribution in [3.8, 4) is 0 Å². The standard InChI is InChI=1S/C18H27FN4O2/c1-3-25-18(24)23-12-11-22(16-6-4-5-15(19)13-16)14-17(23)21-9-7-20(2)8-10-21/h4-6,13,17H,3,7-12,14H2,1-2H3. The summed E-state index contributed by atoms with van der Waals surface area (Å²) >= 11 is 0. The third-order valence-corrected chi connectivity index (χ3v) is 4.99. The SMILES string of the molecule is CCOC(=O)N1CCN(c2cccc(F)c2)CC1N1CCN(C)CC1. The van der Waals surface area contributed by atoms with Crippen LogP contribution in [-0.2, 0) is 4.74 Å². The molecule has 0 N–H and O–H groups in total. The average Bonchev–Trinajstić information content (AvgIpc) is 2.62. The summed E-state index contributed by atoms with van der Waals surface area (Å²) in [6.07, 6.45) is -0.310. The Morgan fingerprint density at radius 2 is 1.96 bits per heavy atom. The van der Waals surface area contributed by atoms with Gasteiger partial charge < -0.3 is 14.5 Å². The number of hydrogen-bond acceptors (Lipinski definition) is 5. The van der Waals surface area contributed by atoms with E-state index >= 15 is 0 Å². The van der Waals surface area contributed by atoms with Crippen molar-refractivity contribution in [3.05, 3.63) is 30.1 Å². The van der Waals surface area contributed by atoms with Gasteiger partial charge >= 0.3 is 6.09 Å². The van der Waals surface area contributed by atoms with Gasteiger partial charge in [-0.25, -0.2) is 9.18 Å². The molecular weight excluding hydrogens is 323 g/mol. The van der Waals surface area contributed by atoms with Crippen molar-refractivity contribution in [2.75, 3.05) is 64.4 Å². The van der Waals surface area contributed by atoms with Crippen LogP contribution < -0.4 is 4.90 Å². The van der Waals surface area contributed by atoms with Gasteiger partial charge in [0.05, 0.1) is 13.2 Å². The lowest BCUT2D eigenvalue weighted by molar-refractivity contribution is 0.00309. The van der Waals surface area contributed by atoms with Crippen molar-refractivity contribution in [2.45, 2.75) is 13.1 Å². The second kappa shape index (κ2) is 8.01. The number of anilines is 1. The minimum absolute atomic E-state index is 0.0511. The molecule has 1 aromatic rings. The molecule has 2 heterocycles. The summed E-state index contributed by atoms with van der Waals surface area (Å²) < 4.78 is 18.9. The van der Waals surface area contributed by atoms with Gasteiger partial charge in [-0.05, 0) is 32.2 Å². The van der Waals surface area contributed by atoms with Gasteiger partial charge in [0.2, 0.25) is 0 Å². The number of piperazine rings is 2. The van der Waals surface area contributed by atoms with Gasteiger partial charge in [0, 0.05) is 45.0 Å². The summed E-state index contributed by atoms with van der Waals surface area (Å²) in [5.41, 5.74) is 0.864. The number of rotatable bonds is 3. The zero-order valence-corrected chi connectivity index (χ0v) is 15.0. The van der Waals surface area contributed by atoms with E-state index in [1.807, 2.05) is 17.9 Å². The van der Waals surface area contributed by atoms with Gasteiger partial charge in [-0.15, -0.1) is 0 Å². The van der Waals surface area contributed by atoms with Crippen LogP contribution >= 0.6 is 0 Å². The van der Waals surface area contributed by atoms with E-state index in [4.69, 9.17) is 4.74 Å². The fourth-order valence-corrected chi connectivity index (χ4v) is 3.52. The molecule has 6 nitrogen and oxygen atoms in total. The molecule has 2 saturated heterocycles. The van der Waals surface area contributed by atoms with E-state index in [0.29, 0.717) is 26.2 Å². The van der Waals surface area contributed by atoms with Crippen molar-refractivity contribution < 1.29 is 13.9 Å². The molecule has 0 bridgehead atoms. The minimum atomic E-state index is -0.259. The predicted octanol–water partition coefficient (Wildman–Crippen LogP) is 1.68. The molecule has 2 aliphatic rings. The number of carbonyl (C=O) groups is 1. The second-order valence-electron chi connectivity index (χ2n) is 6.64. The zero-order chi connectivity index (χ0) is 17.8. The van der Waals surface area contributed by atoms with Crippen molar-refractivity contribution in [2.24, 2.45) is 0 Å². The summed E-state index contributed by atoms with van der Waals surface area (Å²) in [7, 11) is 2.11. The molecule has 2 fully saturated rings. The molecule has 0 aromatic heterocycles. The van der Waals surface area contributed by atoms with Gasteiger partial charge in [-0.2, -0.15) is 0 Å². The Morgan fingerprint density at radius 1 is 1.20 bits per heavy atom. The fourth-order valence-electron chi connectivity index (χ4n) is 3.52. The number of halogens is 1. The van der Waals surface area contributed by atoms with Gasteiger partial charge in [0.1, 0.15) is 12.0 Å². The van der Waals surface area contributed by atoms with Crippen molar-refractivity contribution in [1.29, 1.82) is 0 Å². The van der Waals surface area contributed by atoms with Crippen LogP contribution in [0.5, 0.6) is 0 Å². The maximum Gasteiger partial charge on any atom is 0.411 e. The van der Waals surface area contributed by atoms with Crippen molar-refractivity contribution in [1.82, 2.24) is 14.7 Å². The summed E-state index contributed by atoms with van der Waals surface area (Å²) in [5.74, 6) is -0.235. The number of amides is 1. The Morgan fingerprint density at radius 3 is 2.64 bits per heavy atom. The first-order valence-electron chi connectivity index (χ1n) is 8.95. The maximum atomic E-state index is 13.6. The lowest BCUT2D eigenvalue weighted by atomic mass is 10.2. The quantitative estimate of drug-likeness (QED) is 0.829. The average molecular weight is 350 g/mol. The van der Waals surface area contributed by atoms with E-state index in [9.17, 15) is 9.18 Å². The van der Waals surface area contributed by atoms with Crippen molar-refractivity contribution in [3.63, 3.8) is 0 Å². The van der Waals surface area contributed by atoms with Gasteiger partial charge in [0.25, 0.3) is 0 Å². The van der Waals surface area contributed by atoms with Gasteiger partial charge in [0.15, 0.2) is 0 Å². The van der Waals surface area contributed by atoms with E-state index < -0.39 is 0 Å². The molecule has 1 atom stereocenters. The van der Waals surface area contributed by atoms with Gasteiger partial charge in [-0.3, -0.25) is 9.80 Å². The molecule has 3 rings (SSSR count). The number of carbonyl (C=O) groups excluding carboxylic acids is 1. The highest BCUT2D eigenvalue weighted by atomic mass is 19.1. The monoisotopic (exact) mass is 350 g/mol. The Labute approximate surface area is 148 Å². The van der Waals surface area contributed by atoms with Crippen molar-refractivity contribution >= 4 is 11.8 Å². The molecule has 0 spiro atoms. The Balaban J connectivity index is 1.77. The molecule has 2 aliphatic heterocycles. The summed E-state index contributed by atoms with van der Waals surface area (Å²) in [6.45, 7) is 7.89. The van der Waals surface area contributed by atoms with E-state index in [0.717, 1.165) is 31.9 Å². The number of nitrogens with zero attached hydrogens (tertiary/aromatic N) is 4. The molecule has 0 aliphatic carbocycles. The van der Waals surface area contributed by atoms with E-state index in [-0.39, 0.29) is 18.1 Å². The highest BCUT2D eigenvalue weighted by Crippen LogP contribution is 2.23. The third-order valence-electron chi connectivity index (χ3n) is 4.99. The van der Waals surface area contributed by atoms with E-state index in [2.05, 4.69) is 21.7 Å². The maximum absolute atomic E-state index is 13.6. The lowest BCUT2D eigenvalue weighted by Crippen LogP contribution is -2.64. The molecule has 7 heteroatoms. The van der Waals surface area contributed by atoms with Crippen LogP contribution in [0, 0.1) is 5.82 Å². The first-order chi connectivity index (χ1) is 12.1. The fraction of sp³-hybridized carbons (Fsp3) is 0.611. The lowest BCUT2D eigenvalue weighted by Gasteiger charge is -2.48. The van der Waals surface area contributed by atoms with Crippen LogP contribution in [-0.4, -0.2) is 86.4 Å². The molecule has 0 saturated carbocycles. The molecular formula is C18H27FN4O2. The predicted molar refractivity (Wildman–Crippen MR) is 95.2 cm³/mol. The summed E-state index contributed by atoms with van der Waals surface area (Å²) in [4.78, 5) is 21.0. The smallest absolute Gasteiger partial charge is 0.411 e. The second-order valence-corrected chi connectivity index (χ2v) is 6.64. The number of likely N-dealkylation sites (N-methyl/N-ethyl adjacent to an activating group) is 1. The van der Waals surface area contributed by atoms with Crippen LogP contribution in [0.1, 0.15) is 6.92 Å². The topological polar surface area (TPSA) is 39.3 Å². The Bertz CT molecular complexity index is 592. The Kier molecular flexibility index (Phi) is 5.75. The first kappa shape index (κ1) is 17.9. The molecule has 1 aromatic carbocycles. The summed E-state index contributed by atoms with van der Waals surface area (Å²) in [5, 5.41) is 0. The molecule has 138 valence electrons. The van der Waals surface area contributed by atoms with E-state index in [1.54, 1.807) is 12.1 Å².